The van der Waals surface area contributed by atoms with Gasteiger partial charge in [-0.05, 0) is 11.1 Å². The number of halogens is 1. The van der Waals surface area contributed by atoms with Crippen LogP contribution >= 0.6 is 0 Å². The van der Waals surface area contributed by atoms with Crippen LogP contribution in [-0.4, -0.2) is 55.2 Å². The van der Waals surface area contributed by atoms with Crippen molar-refractivity contribution in [3.8, 4) is 0 Å². The van der Waals surface area contributed by atoms with E-state index in [4.69, 9.17) is 4.74 Å². The van der Waals surface area contributed by atoms with Gasteiger partial charge in [-0.25, -0.2) is 19.3 Å². The molecule has 0 spiro atoms. The first-order valence-corrected chi connectivity index (χ1v) is 10.7. The van der Waals surface area contributed by atoms with Crippen LogP contribution in [0, 0.1) is 0 Å². The number of aromatic nitrogens is 4. The number of aliphatic hydroxyl groups excluding tert-OH is 2. The van der Waals surface area contributed by atoms with E-state index in [1.54, 1.807) is 0 Å². The van der Waals surface area contributed by atoms with E-state index >= 15 is 4.39 Å². The Balaban J connectivity index is 1.56. The molecule has 1 saturated heterocycles. The van der Waals surface area contributed by atoms with Crippen molar-refractivity contribution in [2.45, 2.75) is 31.0 Å². The average Bonchev–Trinajstić information content (AvgIpc) is 3.40. The third kappa shape index (κ3) is 4.06. The van der Waals surface area contributed by atoms with E-state index in [2.05, 4.69) is 20.3 Å². The molecular formula is C24H24FN5O3. The summed E-state index contributed by atoms with van der Waals surface area (Å²) in [5, 5.41) is 23.2. The summed E-state index contributed by atoms with van der Waals surface area (Å²) in [5.41, 5.74) is 2.70. The van der Waals surface area contributed by atoms with Crippen molar-refractivity contribution in [2.24, 2.45) is 0 Å². The highest BCUT2D eigenvalue weighted by atomic mass is 19.1. The van der Waals surface area contributed by atoms with Gasteiger partial charge in [0.05, 0.1) is 12.9 Å². The smallest absolute Gasteiger partial charge is 0.240 e. The van der Waals surface area contributed by atoms with Gasteiger partial charge in [0, 0.05) is 13.0 Å². The Hall–Kier alpha value is -3.40. The van der Waals surface area contributed by atoms with Crippen LogP contribution in [0.25, 0.3) is 11.2 Å². The van der Waals surface area contributed by atoms with E-state index in [-0.39, 0.29) is 5.65 Å². The van der Waals surface area contributed by atoms with Crippen LogP contribution in [0.1, 0.15) is 17.0 Å². The number of fused-ring (bicyclic) bond motifs is 1. The fourth-order valence-corrected chi connectivity index (χ4v) is 4.03. The first-order chi connectivity index (χ1) is 16.1. The number of alkyl halides is 1. The highest BCUT2D eigenvalue weighted by Gasteiger charge is 2.52. The fourth-order valence-electron chi connectivity index (χ4n) is 4.03. The van der Waals surface area contributed by atoms with Crippen molar-refractivity contribution in [1.29, 1.82) is 0 Å². The summed E-state index contributed by atoms with van der Waals surface area (Å²) >= 11 is 0. The average molecular weight is 449 g/mol. The zero-order valence-electron chi connectivity index (χ0n) is 17.8. The van der Waals surface area contributed by atoms with Crippen molar-refractivity contribution in [1.82, 2.24) is 19.5 Å². The Morgan fingerprint density at radius 1 is 1.06 bits per heavy atom. The monoisotopic (exact) mass is 449 g/mol. The first-order valence-electron chi connectivity index (χ1n) is 10.7. The summed E-state index contributed by atoms with van der Waals surface area (Å²) < 4.78 is 22.4. The minimum atomic E-state index is -2.31. The summed E-state index contributed by atoms with van der Waals surface area (Å²) in [6, 6.07) is 19.6. The number of ether oxygens (including phenoxy) is 1. The van der Waals surface area contributed by atoms with Crippen LogP contribution in [0.2, 0.25) is 0 Å². The molecular weight excluding hydrogens is 425 g/mol. The van der Waals surface area contributed by atoms with Crippen LogP contribution in [0.5, 0.6) is 0 Å². The largest absolute Gasteiger partial charge is 0.394 e. The molecule has 0 unspecified atom stereocenters. The molecule has 3 heterocycles. The van der Waals surface area contributed by atoms with E-state index in [0.717, 1.165) is 11.1 Å². The highest BCUT2D eigenvalue weighted by molar-refractivity contribution is 5.83. The van der Waals surface area contributed by atoms with Gasteiger partial charge in [0.1, 0.15) is 24.6 Å². The summed E-state index contributed by atoms with van der Waals surface area (Å²) in [6.45, 7) is -0.406. The molecule has 1 aliphatic rings. The van der Waals surface area contributed by atoms with Crippen LogP contribution in [0.3, 0.4) is 0 Å². The Morgan fingerprint density at radius 2 is 1.76 bits per heavy atom. The van der Waals surface area contributed by atoms with Crippen molar-refractivity contribution >= 4 is 17.0 Å². The van der Waals surface area contributed by atoms with Gasteiger partial charge in [-0.1, -0.05) is 60.7 Å². The Bertz CT molecular complexity index is 1240. The van der Waals surface area contributed by atoms with Crippen molar-refractivity contribution < 1.29 is 19.3 Å². The van der Waals surface area contributed by atoms with Gasteiger partial charge in [-0.2, -0.15) is 0 Å². The van der Waals surface area contributed by atoms with Gasteiger partial charge in [-0.15, -0.1) is 0 Å². The van der Waals surface area contributed by atoms with E-state index < -0.39 is 31.2 Å². The second-order valence-electron chi connectivity index (χ2n) is 8.07. The Kier molecular flexibility index (Phi) is 5.76. The predicted octanol–water partition coefficient (Wildman–Crippen LogP) is 2.40. The molecule has 33 heavy (non-hydrogen) atoms. The molecule has 0 saturated carbocycles. The molecule has 2 aromatic heterocycles. The maximum absolute atomic E-state index is 15.9. The lowest BCUT2D eigenvalue weighted by atomic mass is 10.1. The maximum Gasteiger partial charge on any atom is 0.240 e. The lowest BCUT2D eigenvalue weighted by Gasteiger charge is -2.25. The Morgan fingerprint density at radius 3 is 2.42 bits per heavy atom. The summed E-state index contributed by atoms with van der Waals surface area (Å²) in [7, 11) is 0. The van der Waals surface area contributed by atoms with E-state index in [9.17, 15) is 10.2 Å². The molecule has 8 nitrogen and oxygen atoms in total. The molecule has 9 heteroatoms. The summed E-state index contributed by atoms with van der Waals surface area (Å²) in [6.07, 6.45) is -0.840. The number of anilines is 1. The standard InChI is InChI=1S/C24H24FN5O3/c25-24(14-33-18(13-31)21(24)32)30-15-27-20-22(26-12-17-9-5-2-6-10-17)28-19(29-23(20)30)11-16-7-3-1-4-8-16/h1-10,15,18,21,31-32H,11-14H2,(H,26,28,29)/t18-,21-,24-/m1/s1. The third-order valence-corrected chi connectivity index (χ3v) is 5.84. The van der Waals surface area contributed by atoms with Crippen molar-refractivity contribution in [2.75, 3.05) is 18.5 Å². The van der Waals surface area contributed by atoms with Gasteiger partial charge in [0.25, 0.3) is 0 Å². The summed E-state index contributed by atoms with van der Waals surface area (Å²) in [4.78, 5) is 13.6. The SMILES string of the molecule is OC[C@H]1OC[C@@](F)(n2cnc3c(NCc4ccccc4)nc(Cc4ccccc4)nc32)[C@@H]1O. The highest BCUT2D eigenvalue weighted by Crippen LogP contribution is 2.36. The fraction of sp³-hybridized carbons (Fsp3) is 0.292. The second-order valence-corrected chi connectivity index (χ2v) is 8.07. The molecule has 3 atom stereocenters. The minimum absolute atomic E-state index is 0.246. The maximum atomic E-state index is 15.9. The number of hydrogen-bond donors (Lipinski definition) is 3. The number of benzene rings is 2. The topological polar surface area (TPSA) is 105 Å². The van der Waals surface area contributed by atoms with Crippen LogP contribution in [0.4, 0.5) is 10.2 Å². The molecule has 2 aromatic carbocycles. The zero-order valence-corrected chi connectivity index (χ0v) is 17.8. The molecule has 0 radical (unpaired) electrons. The number of imidazole rings is 1. The second kappa shape index (κ2) is 8.86. The number of nitrogens with zero attached hydrogens (tertiary/aromatic N) is 4. The number of nitrogens with one attached hydrogen (secondary N) is 1. The molecule has 0 amide bonds. The van der Waals surface area contributed by atoms with E-state index in [0.29, 0.717) is 30.1 Å². The Labute approximate surface area is 189 Å². The minimum Gasteiger partial charge on any atom is -0.394 e. The number of aliphatic hydroxyl groups is 2. The van der Waals surface area contributed by atoms with Gasteiger partial charge in [-0.3, -0.25) is 4.57 Å². The quantitative estimate of drug-likeness (QED) is 0.398. The summed E-state index contributed by atoms with van der Waals surface area (Å²) in [5.74, 6) is -1.34. The van der Waals surface area contributed by atoms with Crippen molar-refractivity contribution in [3.05, 3.63) is 83.9 Å². The molecule has 5 rings (SSSR count). The van der Waals surface area contributed by atoms with Crippen LogP contribution in [-0.2, 0) is 23.5 Å². The molecule has 0 bridgehead atoms. The van der Waals surface area contributed by atoms with Crippen LogP contribution < -0.4 is 5.32 Å². The lowest BCUT2D eigenvalue weighted by Crippen LogP contribution is -2.43. The van der Waals surface area contributed by atoms with Crippen LogP contribution in [0.15, 0.2) is 67.0 Å². The van der Waals surface area contributed by atoms with E-state index in [1.807, 2.05) is 60.7 Å². The molecule has 0 aliphatic carbocycles. The van der Waals surface area contributed by atoms with Gasteiger partial charge < -0.3 is 20.3 Å². The van der Waals surface area contributed by atoms with E-state index in [1.165, 1.54) is 10.9 Å². The predicted molar refractivity (Wildman–Crippen MR) is 120 cm³/mol. The van der Waals surface area contributed by atoms with Crippen molar-refractivity contribution in [3.63, 3.8) is 0 Å². The van der Waals surface area contributed by atoms with Gasteiger partial charge in [0.2, 0.25) is 5.79 Å². The lowest BCUT2D eigenvalue weighted by molar-refractivity contribution is -0.0462. The third-order valence-electron chi connectivity index (χ3n) is 5.84. The zero-order chi connectivity index (χ0) is 22.8. The first kappa shape index (κ1) is 21.4. The number of rotatable bonds is 7. The molecule has 3 N–H and O–H groups in total. The molecule has 170 valence electrons. The molecule has 4 aromatic rings. The molecule has 1 fully saturated rings. The molecule has 1 aliphatic heterocycles. The van der Waals surface area contributed by atoms with Gasteiger partial charge in [0.15, 0.2) is 17.0 Å². The normalized spacial score (nSPS) is 22.6. The number of hydrogen-bond acceptors (Lipinski definition) is 7. The van der Waals surface area contributed by atoms with Gasteiger partial charge >= 0.3 is 0 Å².